The maximum absolute atomic E-state index is 11.8. The molecule has 2 rings (SSSR count). The van der Waals surface area contributed by atoms with E-state index in [1.807, 2.05) is 0 Å². The molecule has 0 aliphatic heterocycles. The molecule has 1 aromatic heterocycles. The molecule has 0 spiro atoms. The zero-order valence-corrected chi connectivity index (χ0v) is 10.3. The summed E-state index contributed by atoms with van der Waals surface area (Å²) >= 11 is 3.26. The third kappa shape index (κ3) is 2.20. The Morgan fingerprint density at radius 3 is 2.87 bits per heavy atom. The van der Waals surface area contributed by atoms with Crippen LogP contribution in [-0.4, -0.2) is 16.9 Å². The lowest BCUT2D eigenvalue weighted by atomic mass is 10.2. The lowest BCUT2D eigenvalue weighted by molar-refractivity contribution is 0.0945. The zero-order chi connectivity index (χ0) is 11.1. The van der Waals surface area contributed by atoms with Gasteiger partial charge in [-0.3, -0.25) is 4.79 Å². The molecule has 1 atom stereocenters. The standard InChI is InChI=1S/C11H13BrN2O/c1-11(2)6-8(11)14-10(15)7-4-3-5-13-9(7)12/h3-5,8H,6H2,1-2H3,(H,14,15). The Morgan fingerprint density at radius 1 is 1.67 bits per heavy atom. The second-order valence-corrected chi connectivity index (χ2v) is 5.31. The second-order valence-electron chi connectivity index (χ2n) is 4.56. The number of halogens is 1. The molecule has 80 valence electrons. The Morgan fingerprint density at radius 2 is 2.33 bits per heavy atom. The minimum Gasteiger partial charge on any atom is -0.349 e. The number of aromatic nitrogens is 1. The zero-order valence-electron chi connectivity index (χ0n) is 8.75. The Balaban J connectivity index is 2.06. The average Bonchev–Trinajstić information content (AvgIpc) is 2.74. The maximum Gasteiger partial charge on any atom is 0.254 e. The van der Waals surface area contributed by atoms with Crippen molar-refractivity contribution in [3.8, 4) is 0 Å². The van der Waals surface area contributed by atoms with Crippen molar-refractivity contribution in [3.05, 3.63) is 28.5 Å². The molecule has 1 aliphatic rings. The van der Waals surface area contributed by atoms with Gasteiger partial charge in [0.25, 0.3) is 5.91 Å². The number of carbonyl (C=O) groups is 1. The van der Waals surface area contributed by atoms with Gasteiger partial charge in [-0.05, 0) is 39.9 Å². The third-order valence-corrected chi connectivity index (χ3v) is 3.45. The van der Waals surface area contributed by atoms with Gasteiger partial charge < -0.3 is 5.32 Å². The summed E-state index contributed by atoms with van der Waals surface area (Å²) in [6.07, 6.45) is 2.71. The Kier molecular flexibility index (Phi) is 2.54. The van der Waals surface area contributed by atoms with E-state index in [0.717, 1.165) is 6.42 Å². The number of rotatable bonds is 2. The normalized spacial score (nSPS) is 22.2. The molecule has 0 bridgehead atoms. The molecular weight excluding hydrogens is 256 g/mol. The summed E-state index contributed by atoms with van der Waals surface area (Å²) in [6.45, 7) is 4.30. The summed E-state index contributed by atoms with van der Waals surface area (Å²) < 4.78 is 0.598. The number of nitrogens with zero attached hydrogens (tertiary/aromatic N) is 1. The lowest BCUT2D eigenvalue weighted by Gasteiger charge is -2.07. The first kappa shape index (κ1) is 10.6. The van der Waals surface area contributed by atoms with Crippen molar-refractivity contribution in [1.29, 1.82) is 0 Å². The number of nitrogens with one attached hydrogen (secondary N) is 1. The summed E-state index contributed by atoms with van der Waals surface area (Å²) in [6, 6.07) is 3.83. The van der Waals surface area contributed by atoms with E-state index >= 15 is 0 Å². The van der Waals surface area contributed by atoms with Crippen LogP contribution in [-0.2, 0) is 0 Å². The van der Waals surface area contributed by atoms with Crippen molar-refractivity contribution in [2.45, 2.75) is 26.3 Å². The molecule has 3 nitrogen and oxygen atoms in total. The fraction of sp³-hybridized carbons (Fsp3) is 0.455. The molecule has 1 aromatic rings. The van der Waals surface area contributed by atoms with Crippen LogP contribution in [0.5, 0.6) is 0 Å². The van der Waals surface area contributed by atoms with E-state index in [1.165, 1.54) is 0 Å². The quantitative estimate of drug-likeness (QED) is 0.837. The molecule has 1 N–H and O–H groups in total. The molecule has 1 amide bonds. The fourth-order valence-electron chi connectivity index (χ4n) is 1.50. The molecule has 0 saturated heterocycles. The molecule has 0 aromatic carbocycles. The number of amides is 1. The van der Waals surface area contributed by atoms with Crippen molar-refractivity contribution in [1.82, 2.24) is 10.3 Å². The van der Waals surface area contributed by atoms with Crippen molar-refractivity contribution in [2.24, 2.45) is 5.41 Å². The lowest BCUT2D eigenvalue weighted by Crippen LogP contribution is -2.28. The Labute approximate surface area is 97.4 Å². The van der Waals surface area contributed by atoms with Gasteiger partial charge in [0.05, 0.1) is 5.56 Å². The van der Waals surface area contributed by atoms with Gasteiger partial charge in [-0.15, -0.1) is 0 Å². The van der Waals surface area contributed by atoms with Gasteiger partial charge >= 0.3 is 0 Å². The van der Waals surface area contributed by atoms with E-state index in [0.29, 0.717) is 16.2 Å². The van der Waals surface area contributed by atoms with Crippen LogP contribution < -0.4 is 5.32 Å². The number of hydrogen-bond acceptors (Lipinski definition) is 2. The minimum absolute atomic E-state index is 0.0504. The largest absolute Gasteiger partial charge is 0.349 e. The third-order valence-electron chi connectivity index (χ3n) is 2.82. The van der Waals surface area contributed by atoms with Crippen LogP contribution in [0, 0.1) is 5.41 Å². The van der Waals surface area contributed by atoms with Crippen LogP contribution in [0.1, 0.15) is 30.6 Å². The number of pyridine rings is 1. The summed E-state index contributed by atoms with van der Waals surface area (Å²) in [5.74, 6) is -0.0504. The summed E-state index contributed by atoms with van der Waals surface area (Å²) in [5.41, 5.74) is 0.852. The van der Waals surface area contributed by atoms with Gasteiger partial charge in [0.1, 0.15) is 4.60 Å². The molecule has 4 heteroatoms. The molecule has 1 heterocycles. The van der Waals surface area contributed by atoms with Crippen LogP contribution in [0.3, 0.4) is 0 Å². The molecule has 1 unspecified atom stereocenters. The van der Waals surface area contributed by atoms with E-state index < -0.39 is 0 Å². The van der Waals surface area contributed by atoms with Gasteiger partial charge in [-0.25, -0.2) is 4.98 Å². The van der Waals surface area contributed by atoms with Crippen molar-refractivity contribution < 1.29 is 4.79 Å². The minimum atomic E-state index is -0.0504. The van der Waals surface area contributed by atoms with E-state index in [9.17, 15) is 4.79 Å². The van der Waals surface area contributed by atoms with Crippen molar-refractivity contribution in [3.63, 3.8) is 0 Å². The van der Waals surface area contributed by atoms with Gasteiger partial charge in [0, 0.05) is 12.2 Å². The highest BCUT2D eigenvalue weighted by Crippen LogP contribution is 2.44. The monoisotopic (exact) mass is 268 g/mol. The summed E-state index contributed by atoms with van der Waals surface area (Å²) in [5, 5.41) is 2.99. The maximum atomic E-state index is 11.8. The molecule has 1 fully saturated rings. The molecule has 1 saturated carbocycles. The van der Waals surface area contributed by atoms with Crippen LogP contribution in [0.25, 0.3) is 0 Å². The summed E-state index contributed by atoms with van der Waals surface area (Å²) in [4.78, 5) is 15.8. The molecular formula is C11H13BrN2O. The Hall–Kier alpha value is -0.900. The van der Waals surface area contributed by atoms with Gasteiger partial charge in [-0.1, -0.05) is 13.8 Å². The van der Waals surface area contributed by atoms with E-state index in [4.69, 9.17) is 0 Å². The Bertz CT molecular complexity index is 403. The van der Waals surface area contributed by atoms with E-state index in [2.05, 4.69) is 40.1 Å². The average molecular weight is 269 g/mol. The highest BCUT2D eigenvalue weighted by atomic mass is 79.9. The number of hydrogen-bond donors (Lipinski definition) is 1. The highest BCUT2D eigenvalue weighted by Gasteiger charge is 2.46. The van der Waals surface area contributed by atoms with Crippen LogP contribution in [0.15, 0.2) is 22.9 Å². The first-order chi connectivity index (χ1) is 7.00. The van der Waals surface area contributed by atoms with Crippen LogP contribution in [0.2, 0.25) is 0 Å². The predicted molar refractivity (Wildman–Crippen MR) is 61.6 cm³/mol. The smallest absolute Gasteiger partial charge is 0.254 e. The van der Waals surface area contributed by atoms with Gasteiger partial charge in [-0.2, -0.15) is 0 Å². The van der Waals surface area contributed by atoms with Gasteiger partial charge in [0.2, 0.25) is 0 Å². The first-order valence-corrected chi connectivity index (χ1v) is 5.71. The summed E-state index contributed by atoms with van der Waals surface area (Å²) in [7, 11) is 0. The molecule has 15 heavy (non-hydrogen) atoms. The fourth-order valence-corrected chi connectivity index (χ4v) is 1.94. The van der Waals surface area contributed by atoms with Gasteiger partial charge in [0.15, 0.2) is 0 Å². The highest BCUT2D eigenvalue weighted by molar-refractivity contribution is 9.10. The van der Waals surface area contributed by atoms with Crippen molar-refractivity contribution in [2.75, 3.05) is 0 Å². The van der Waals surface area contributed by atoms with E-state index in [1.54, 1.807) is 18.3 Å². The van der Waals surface area contributed by atoms with E-state index in [-0.39, 0.29) is 11.3 Å². The van der Waals surface area contributed by atoms with Crippen molar-refractivity contribution >= 4 is 21.8 Å². The first-order valence-electron chi connectivity index (χ1n) is 4.92. The SMILES string of the molecule is CC1(C)CC1NC(=O)c1cccnc1Br. The molecule has 1 aliphatic carbocycles. The van der Waals surface area contributed by atoms with Crippen LogP contribution >= 0.6 is 15.9 Å². The predicted octanol–water partition coefficient (Wildman–Crippen LogP) is 2.37. The number of carbonyl (C=O) groups excluding carboxylic acids is 1. The second kappa shape index (κ2) is 3.59. The topological polar surface area (TPSA) is 42.0 Å². The molecule has 0 radical (unpaired) electrons. The van der Waals surface area contributed by atoms with Crippen LogP contribution in [0.4, 0.5) is 0 Å².